The number of rotatable bonds is 2. The molecule has 1 aliphatic rings. The maximum Gasteiger partial charge on any atom is 0.408 e. The van der Waals surface area contributed by atoms with Gasteiger partial charge in [-0.15, -0.1) is 0 Å². The fraction of sp³-hybridized carbons (Fsp3) is 0.529. The normalized spacial score (nSPS) is 17.1. The minimum absolute atomic E-state index is 0.158. The maximum atomic E-state index is 12.1. The van der Waals surface area contributed by atoms with Crippen LogP contribution in [0.5, 0.6) is 0 Å². The highest BCUT2D eigenvalue weighted by molar-refractivity contribution is 5.90. The van der Waals surface area contributed by atoms with Gasteiger partial charge in [-0.1, -0.05) is 23.8 Å². The molecule has 2 rings (SSSR count). The van der Waals surface area contributed by atoms with E-state index in [4.69, 9.17) is 4.74 Å². The fourth-order valence-corrected chi connectivity index (χ4v) is 2.82. The van der Waals surface area contributed by atoms with Gasteiger partial charge in [0.2, 0.25) is 0 Å². The van der Waals surface area contributed by atoms with Crippen molar-refractivity contribution in [1.29, 1.82) is 0 Å². The third-order valence-corrected chi connectivity index (χ3v) is 3.64. The van der Waals surface area contributed by atoms with Crippen LogP contribution in [0, 0.1) is 13.8 Å². The van der Waals surface area contributed by atoms with Gasteiger partial charge in [0, 0.05) is 12.8 Å². The smallest absolute Gasteiger partial charge is 0.408 e. The van der Waals surface area contributed by atoms with E-state index in [9.17, 15) is 9.59 Å². The molecule has 1 aromatic carbocycles. The highest BCUT2D eigenvalue weighted by Gasteiger charge is 2.47. The third kappa shape index (κ3) is 3.43. The Balaban J connectivity index is 2.25. The minimum atomic E-state index is -0.614. The van der Waals surface area contributed by atoms with E-state index in [0.29, 0.717) is 12.8 Å². The quantitative estimate of drug-likeness (QED) is 0.908. The van der Waals surface area contributed by atoms with Crippen molar-refractivity contribution >= 4 is 11.9 Å². The van der Waals surface area contributed by atoms with Gasteiger partial charge < -0.3 is 10.1 Å². The van der Waals surface area contributed by atoms with Crippen LogP contribution in [0.15, 0.2) is 18.2 Å². The minimum Gasteiger partial charge on any atom is -0.444 e. The van der Waals surface area contributed by atoms with Crippen molar-refractivity contribution in [2.24, 2.45) is 0 Å². The predicted octanol–water partition coefficient (Wildman–Crippen LogP) is 3.39. The molecule has 1 saturated carbocycles. The van der Waals surface area contributed by atoms with Crippen LogP contribution in [0.1, 0.15) is 50.3 Å². The molecule has 0 aliphatic heterocycles. The number of ether oxygens (including phenoxy) is 1. The van der Waals surface area contributed by atoms with E-state index in [1.807, 2.05) is 46.8 Å². The molecule has 0 heterocycles. The van der Waals surface area contributed by atoms with Crippen molar-refractivity contribution in [1.82, 2.24) is 5.32 Å². The van der Waals surface area contributed by atoms with E-state index in [0.717, 1.165) is 16.7 Å². The second-order valence-electron chi connectivity index (χ2n) is 6.92. The molecule has 1 amide bonds. The predicted molar refractivity (Wildman–Crippen MR) is 81.2 cm³/mol. The zero-order valence-corrected chi connectivity index (χ0v) is 13.4. The number of hydrogen-bond donors (Lipinski definition) is 1. The number of Topliss-reactive ketones (excluding diaryl/α,β-unsaturated/α-hetero) is 1. The number of hydrogen-bond acceptors (Lipinski definition) is 3. The molecule has 1 N–H and O–H groups in total. The van der Waals surface area contributed by atoms with Crippen LogP contribution in [0.25, 0.3) is 0 Å². The first-order valence-electron chi connectivity index (χ1n) is 7.22. The molecule has 0 atom stereocenters. The van der Waals surface area contributed by atoms with Gasteiger partial charge in [0.25, 0.3) is 0 Å². The van der Waals surface area contributed by atoms with Crippen molar-refractivity contribution in [3.8, 4) is 0 Å². The van der Waals surface area contributed by atoms with Crippen LogP contribution in [0.3, 0.4) is 0 Å². The number of aryl methyl sites for hydroxylation is 2. The SMILES string of the molecule is Cc1ccc(C2(NC(=O)OC(C)(C)C)CC(=O)C2)c(C)c1. The van der Waals surface area contributed by atoms with Crippen LogP contribution >= 0.6 is 0 Å². The molecule has 1 aliphatic carbocycles. The topological polar surface area (TPSA) is 55.4 Å². The van der Waals surface area contributed by atoms with E-state index in [1.54, 1.807) is 0 Å². The summed E-state index contributed by atoms with van der Waals surface area (Å²) in [5, 5.41) is 2.91. The summed E-state index contributed by atoms with van der Waals surface area (Å²) in [6, 6.07) is 6.06. The van der Waals surface area contributed by atoms with Gasteiger partial charge in [0.1, 0.15) is 11.4 Å². The Hall–Kier alpha value is -1.84. The van der Waals surface area contributed by atoms with Crippen LogP contribution < -0.4 is 5.32 Å². The monoisotopic (exact) mass is 289 g/mol. The standard InChI is InChI=1S/C17H23NO3/c1-11-6-7-14(12(2)8-11)17(9-13(19)10-17)18-15(20)21-16(3,4)5/h6-8H,9-10H2,1-5H3,(H,18,20). The molecule has 4 heteroatoms. The zero-order valence-electron chi connectivity index (χ0n) is 13.4. The molecular weight excluding hydrogens is 266 g/mol. The molecular formula is C17H23NO3. The fourth-order valence-electron chi connectivity index (χ4n) is 2.82. The van der Waals surface area contributed by atoms with Gasteiger partial charge in [0.15, 0.2) is 0 Å². The van der Waals surface area contributed by atoms with Gasteiger partial charge in [0.05, 0.1) is 5.54 Å². The first-order valence-corrected chi connectivity index (χ1v) is 7.22. The number of carbonyl (C=O) groups excluding carboxylic acids is 2. The van der Waals surface area contributed by atoms with Gasteiger partial charge >= 0.3 is 6.09 Å². The Labute approximate surface area is 125 Å². The number of alkyl carbamates (subject to hydrolysis) is 1. The summed E-state index contributed by atoms with van der Waals surface area (Å²) in [6.45, 7) is 9.49. The molecule has 4 nitrogen and oxygen atoms in total. The van der Waals surface area contributed by atoms with Gasteiger partial charge in [-0.2, -0.15) is 0 Å². The van der Waals surface area contributed by atoms with Gasteiger partial charge in [-0.3, -0.25) is 4.79 Å². The highest BCUT2D eigenvalue weighted by atomic mass is 16.6. The number of ketones is 1. The molecule has 114 valence electrons. The average molecular weight is 289 g/mol. The van der Waals surface area contributed by atoms with Crippen molar-refractivity contribution in [3.63, 3.8) is 0 Å². The Bertz CT molecular complexity index is 576. The van der Waals surface area contributed by atoms with E-state index in [1.165, 1.54) is 0 Å². The number of benzene rings is 1. The molecule has 0 saturated heterocycles. The molecule has 1 fully saturated rings. The number of nitrogens with one attached hydrogen (secondary N) is 1. The molecule has 0 radical (unpaired) electrons. The summed E-state index contributed by atoms with van der Waals surface area (Å²) in [4.78, 5) is 23.6. The lowest BCUT2D eigenvalue weighted by Crippen LogP contribution is -2.56. The highest BCUT2D eigenvalue weighted by Crippen LogP contribution is 2.40. The lowest BCUT2D eigenvalue weighted by molar-refractivity contribution is -0.129. The second-order valence-corrected chi connectivity index (χ2v) is 6.92. The van der Waals surface area contributed by atoms with Crippen molar-refractivity contribution < 1.29 is 14.3 Å². The maximum absolute atomic E-state index is 12.1. The average Bonchev–Trinajstić information content (AvgIpc) is 2.23. The van der Waals surface area contributed by atoms with Gasteiger partial charge in [-0.25, -0.2) is 4.79 Å². The van der Waals surface area contributed by atoms with Crippen LogP contribution in [0.2, 0.25) is 0 Å². The summed E-state index contributed by atoms with van der Waals surface area (Å²) in [7, 11) is 0. The van der Waals surface area contributed by atoms with E-state index >= 15 is 0 Å². The third-order valence-electron chi connectivity index (χ3n) is 3.64. The molecule has 0 aromatic heterocycles. The first kappa shape index (κ1) is 15.5. The van der Waals surface area contributed by atoms with Crippen LogP contribution in [0.4, 0.5) is 4.79 Å². The number of amides is 1. The molecule has 1 aromatic rings. The van der Waals surface area contributed by atoms with Crippen molar-refractivity contribution in [3.05, 3.63) is 34.9 Å². The largest absolute Gasteiger partial charge is 0.444 e. The van der Waals surface area contributed by atoms with E-state index in [2.05, 4.69) is 11.4 Å². The summed E-state index contributed by atoms with van der Waals surface area (Å²) >= 11 is 0. The van der Waals surface area contributed by atoms with E-state index in [-0.39, 0.29) is 5.78 Å². The Morgan fingerprint density at radius 3 is 2.33 bits per heavy atom. The molecule has 0 spiro atoms. The summed E-state index contributed by atoms with van der Waals surface area (Å²) < 4.78 is 5.33. The van der Waals surface area contributed by atoms with E-state index < -0.39 is 17.2 Å². The summed E-state index contributed by atoms with van der Waals surface area (Å²) in [6.07, 6.45) is 0.182. The van der Waals surface area contributed by atoms with Crippen LogP contribution in [-0.4, -0.2) is 17.5 Å². The van der Waals surface area contributed by atoms with Crippen molar-refractivity contribution in [2.45, 2.75) is 58.6 Å². The summed E-state index contributed by atoms with van der Waals surface area (Å²) in [5.41, 5.74) is 2.07. The first-order chi connectivity index (χ1) is 9.61. The molecule has 0 unspecified atom stereocenters. The lowest BCUT2D eigenvalue weighted by atomic mass is 9.69. The Morgan fingerprint density at radius 1 is 1.24 bits per heavy atom. The zero-order chi connectivity index (χ0) is 15.8. The molecule has 21 heavy (non-hydrogen) atoms. The summed E-state index contributed by atoms with van der Waals surface area (Å²) in [5.74, 6) is 0.158. The van der Waals surface area contributed by atoms with Crippen molar-refractivity contribution in [2.75, 3.05) is 0 Å². The lowest BCUT2D eigenvalue weighted by Gasteiger charge is -2.42. The number of carbonyl (C=O) groups is 2. The second kappa shape index (κ2) is 5.17. The Kier molecular flexibility index (Phi) is 3.83. The molecule has 0 bridgehead atoms. The Morgan fingerprint density at radius 2 is 1.86 bits per heavy atom. The van der Waals surface area contributed by atoms with Gasteiger partial charge in [-0.05, 0) is 45.7 Å². The van der Waals surface area contributed by atoms with Crippen LogP contribution in [-0.2, 0) is 15.1 Å².